The van der Waals surface area contributed by atoms with Gasteiger partial charge in [0.15, 0.2) is 5.82 Å². The largest absolute Gasteiger partial charge is 0.326 e. The molecular formula is C17H24FN3. The van der Waals surface area contributed by atoms with Crippen LogP contribution >= 0.6 is 0 Å². The van der Waals surface area contributed by atoms with E-state index in [2.05, 4.69) is 23.7 Å². The van der Waals surface area contributed by atoms with E-state index >= 15 is 0 Å². The summed E-state index contributed by atoms with van der Waals surface area (Å²) in [5.41, 5.74) is 1.37. The van der Waals surface area contributed by atoms with Gasteiger partial charge in [0, 0.05) is 6.54 Å². The SMILES string of the molecule is CCCn1c(C2(CCC)CCCN2)nc2c(F)cccc21. The molecule has 2 aromatic rings. The Hall–Kier alpha value is -1.42. The van der Waals surface area contributed by atoms with E-state index in [9.17, 15) is 4.39 Å². The third-order valence-corrected chi connectivity index (χ3v) is 4.53. The van der Waals surface area contributed by atoms with Crippen molar-refractivity contribution in [3.8, 4) is 0 Å². The average molecular weight is 289 g/mol. The minimum absolute atomic E-state index is 0.0740. The number of imidazole rings is 1. The number of nitrogens with one attached hydrogen (secondary N) is 1. The molecule has 21 heavy (non-hydrogen) atoms. The molecule has 4 heteroatoms. The molecule has 0 saturated carbocycles. The van der Waals surface area contributed by atoms with Crippen molar-refractivity contribution in [2.75, 3.05) is 6.54 Å². The summed E-state index contributed by atoms with van der Waals surface area (Å²) in [6.07, 6.45) is 5.44. The minimum atomic E-state index is -0.215. The third kappa shape index (κ3) is 2.35. The number of fused-ring (bicyclic) bond motifs is 1. The van der Waals surface area contributed by atoms with E-state index in [0.717, 1.165) is 56.5 Å². The maximum Gasteiger partial charge on any atom is 0.151 e. The van der Waals surface area contributed by atoms with Crippen molar-refractivity contribution in [1.82, 2.24) is 14.9 Å². The number of hydrogen-bond donors (Lipinski definition) is 1. The molecule has 2 heterocycles. The quantitative estimate of drug-likeness (QED) is 0.902. The van der Waals surface area contributed by atoms with E-state index in [1.165, 1.54) is 6.07 Å². The van der Waals surface area contributed by atoms with Gasteiger partial charge in [-0.05, 0) is 44.4 Å². The second kappa shape index (κ2) is 5.76. The summed E-state index contributed by atoms with van der Waals surface area (Å²) in [7, 11) is 0. The topological polar surface area (TPSA) is 29.9 Å². The fourth-order valence-corrected chi connectivity index (χ4v) is 3.68. The number of nitrogens with zero attached hydrogens (tertiary/aromatic N) is 2. The summed E-state index contributed by atoms with van der Waals surface area (Å²) >= 11 is 0. The Morgan fingerprint density at radius 2 is 2.19 bits per heavy atom. The molecule has 114 valence electrons. The van der Waals surface area contributed by atoms with Crippen molar-refractivity contribution in [3.63, 3.8) is 0 Å². The first-order chi connectivity index (χ1) is 10.2. The Morgan fingerprint density at radius 1 is 1.33 bits per heavy atom. The normalized spacial score (nSPS) is 22.2. The standard InChI is InChI=1S/C17H24FN3/c1-3-9-17(10-6-11-19-17)16-20-15-13(18)7-5-8-14(15)21(16)12-4-2/h5,7-8,19H,3-4,6,9-12H2,1-2H3. The zero-order chi connectivity index (χ0) is 14.9. The van der Waals surface area contributed by atoms with Crippen molar-refractivity contribution < 1.29 is 4.39 Å². The predicted octanol–water partition coefficient (Wildman–Crippen LogP) is 3.96. The highest BCUT2D eigenvalue weighted by Gasteiger charge is 2.39. The Labute approximate surface area is 125 Å². The molecule has 1 aliphatic heterocycles. The van der Waals surface area contributed by atoms with Gasteiger partial charge >= 0.3 is 0 Å². The van der Waals surface area contributed by atoms with E-state index < -0.39 is 0 Å². The van der Waals surface area contributed by atoms with Crippen molar-refractivity contribution in [1.29, 1.82) is 0 Å². The fourth-order valence-electron chi connectivity index (χ4n) is 3.68. The van der Waals surface area contributed by atoms with E-state index in [4.69, 9.17) is 4.98 Å². The lowest BCUT2D eigenvalue weighted by atomic mass is 9.91. The molecule has 0 aliphatic carbocycles. The number of halogens is 1. The van der Waals surface area contributed by atoms with E-state index in [-0.39, 0.29) is 11.4 Å². The lowest BCUT2D eigenvalue weighted by molar-refractivity contribution is 0.322. The van der Waals surface area contributed by atoms with Gasteiger partial charge in [0.25, 0.3) is 0 Å². The smallest absolute Gasteiger partial charge is 0.151 e. The summed E-state index contributed by atoms with van der Waals surface area (Å²) in [5.74, 6) is 0.817. The first kappa shape index (κ1) is 14.5. The van der Waals surface area contributed by atoms with Crippen molar-refractivity contribution in [3.05, 3.63) is 29.8 Å². The molecule has 1 saturated heterocycles. The van der Waals surface area contributed by atoms with Crippen LogP contribution in [0.5, 0.6) is 0 Å². The molecule has 1 fully saturated rings. The van der Waals surface area contributed by atoms with E-state index in [0.29, 0.717) is 5.52 Å². The van der Waals surface area contributed by atoms with Gasteiger partial charge in [-0.15, -0.1) is 0 Å². The fraction of sp³-hybridized carbons (Fsp3) is 0.588. The first-order valence-corrected chi connectivity index (χ1v) is 8.12. The Kier molecular flexibility index (Phi) is 3.98. The maximum absolute atomic E-state index is 14.1. The average Bonchev–Trinajstić information content (AvgIpc) is 3.07. The van der Waals surface area contributed by atoms with Gasteiger partial charge in [-0.3, -0.25) is 0 Å². The lowest BCUT2D eigenvalue weighted by Crippen LogP contribution is -2.39. The monoisotopic (exact) mass is 289 g/mol. The molecule has 0 amide bonds. The van der Waals surface area contributed by atoms with E-state index in [1.54, 1.807) is 6.07 Å². The molecule has 1 aromatic carbocycles. The van der Waals surface area contributed by atoms with Gasteiger partial charge < -0.3 is 9.88 Å². The predicted molar refractivity (Wildman–Crippen MR) is 83.8 cm³/mol. The van der Waals surface area contributed by atoms with Crippen LogP contribution in [-0.2, 0) is 12.1 Å². The highest BCUT2D eigenvalue weighted by molar-refractivity contribution is 5.77. The molecule has 1 N–H and O–H groups in total. The van der Waals surface area contributed by atoms with Crippen LogP contribution in [0.15, 0.2) is 18.2 Å². The van der Waals surface area contributed by atoms with Gasteiger partial charge in [-0.25, -0.2) is 9.37 Å². The number of aryl methyl sites for hydroxylation is 1. The summed E-state index contributed by atoms with van der Waals surface area (Å²) < 4.78 is 16.3. The summed E-state index contributed by atoms with van der Waals surface area (Å²) in [6, 6.07) is 5.27. The number of hydrogen-bond acceptors (Lipinski definition) is 2. The van der Waals surface area contributed by atoms with Gasteiger partial charge in [-0.2, -0.15) is 0 Å². The van der Waals surface area contributed by atoms with Crippen molar-refractivity contribution in [2.24, 2.45) is 0 Å². The molecule has 3 nitrogen and oxygen atoms in total. The molecule has 1 aliphatic rings. The van der Waals surface area contributed by atoms with Gasteiger partial charge in [-0.1, -0.05) is 26.3 Å². The first-order valence-electron chi connectivity index (χ1n) is 8.12. The minimum Gasteiger partial charge on any atom is -0.326 e. The molecule has 0 bridgehead atoms. The van der Waals surface area contributed by atoms with Crippen LogP contribution in [0.1, 0.15) is 51.8 Å². The number of para-hydroxylation sites is 1. The van der Waals surface area contributed by atoms with Crippen LogP contribution in [0.2, 0.25) is 0 Å². The molecule has 0 radical (unpaired) electrons. The zero-order valence-corrected chi connectivity index (χ0v) is 13.0. The molecular weight excluding hydrogens is 265 g/mol. The Morgan fingerprint density at radius 3 is 2.86 bits per heavy atom. The highest BCUT2D eigenvalue weighted by Crippen LogP contribution is 2.37. The summed E-state index contributed by atoms with van der Waals surface area (Å²) in [4.78, 5) is 4.73. The highest BCUT2D eigenvalue weighted by atomic mass is 19.1. The molecule has 0 spiro atoms. The van der Waals surface area contributed by atoms with Crippen molar-refractivity contribution in [2.45, 2.75) is 58.0 Å². The summed E-state index contributed by atoms with van der Waals surface area (Å²) in [5, 5.41) is 3.66. The second-order valence-corrected chi connectivity index (χ2v) is 6.06. The number of benzene rings is 1. The summed E-state index contributed by atoms with van der Waals surface area (Å²) in [6.45, 7) is 6.28. The maximum atomic E-state index is 14.1. The van der Waals surface area contributed by atoms with Crippen LogP contribution in [0.4, 0.5) is 4.39 Å². The van der Waals surface area contributed by atoms with E-state index in [1.807, 2.05) is 6.07 Å². The Balaban J connectivity index is 2.20. The Bertz CT molecular complexity index is 626. The second-order valence-electron chi connectivity index (χ2n) is 6.06. The van der Waals surface area contributed by atoms with Crippen LogP contribution in [0.3, 0.4) is 0 Å². The third-order valence-electron chi connectivity index (χ3n) is 4.53. The molecule has 3 rings (SSSR count). The van der Waals surface area contributed by atoms with Gasteiger partial charge in [0.05, 0.1) is 11.1 Å². The zero-order valence-electron chi connectivity index (χ0n) is 13.0. The van der Waals surface area contributed by atoms with Gasteiger partial charge in [0.1, 0.15) is 11.3 Å². The van der Waals surface area contributed by atoms with Crippen LogP contribution in [0, 0.1) is 5.82 Å². The molecule has 1 unspecified atom stereocenters. The van der Waals surface area contributed by atoms with Gasteiger partial charge in [0.2, 0.25) is 0 Å². The van der Waals surface area contributed by atoms with Crippen LogP contribution in [0.25, 0.3) is 11.0 Å². The lowest BCUT2D eigenvalue weighted by Gasteiger charge is -2.29. The van der Waals surface area contributed by atoms with Crippen LogP contribution in [-0.4, -0.2) is 16.1 Å². The number of aromatic nitrogens is 2. The molecule has 1 aromatic heterocycles. The molecule has 1 atom stereocenters. The van der Waals surface area contributed by atoms with Crippen molar-refractivity contribution >= 4 is 11.0 Å². The van der Waals surface area contributed by atoms with Crippen LogP contribution < -0.4 is 5.32 Å². The number of rotatable bonds is 5.